The molecule has 1 saturated heterocycles. The van der Waals surface area contributed by atoms with E-state index in [9.17, 15) is 5.11 Å². The van der Waals surface area contributed by atoms with E-state index in [0.717, 1.165) is 31.6 Å². The number of rotatable bonds is 9. The van der Waals surface area contributed by atoms with Gasteiger partial charge in [0.2, 0.25) is 0 Å². The van der Waals surface area contributed by atoms with Crippen LogP contribution in [0.15, 0.2) is 18.2 Å². The molecule has 134 valence electrons. The van der Waals surface area contributed by atoms with Gasteiger partial charge in [0, 0.05) is 25.7 Å². The maximum Gasteiger partial charge on any atom is 0.0900 e. The largest absolute Gasteiger partial charge is 0.389 e. The van der Waals surface area contributed by atoms with E-state index < -0.39 is 6.10 Å². The Hall–Kier alpha value is -0.360. The summed E-state index contributed by atoms with van der Waals surface area (Å²) < 4.78 is 11.1. The molecule has 0 spiro atoms. The molecule has 2 aliphatic rings. The number of halogens is 2. The van der Waals surface area contributed by atoms with Crippen molar-refractivity contribution in [2.24, 2.45) is 0 Å². The maximum absolute atomic E-state index is 10.3. The lowest BCUT2D eigenvalue weighted by Crippen LogP contribution is -2.36. The minimum absolute atomic E-state index is 0.202. The third kappa shape index (κ3) is 5.58. The van der Waals surface area contributed by atoms with Crippen LogP contribution in [0.25, 0.3) is 0 Å². The van der Waals surface area contributed by atoms with E-state index in [2.05, 4.69) is 4.90 Å². The van der Waals surface area contributed by atoms with Gasteiger partial charge in [-0.3, -0.25) is 4.90 Å². The second-order valence-electron chi connectivity index (χ2n) is 6.74. The number of aliphatic hydroxyl groups is 1. The SMILES string of the molecule is OC(COCC1CCCO1)CN(Cc1ccc(Cl)c(Cl)c1)C1CC1. The number of benzene rings is 1. The molecule has 0 aromatic heterocycles. The third-order valence-corrected chi connectivity index (χ3v) is 5.26. The van der Waals surface area contributed by atoms with Gasteiger partial charge in [0.25, 0.3) is 0 Å². The second kappa shape index (κ2) is 8.84. The predicted octanol–water partition coefficient (Wildman–Crippen LogP) is 3.51. The first-order valence-corrected chi connectivity index (χ1v) is 9.43. The Morgan fingerprint density at radius 3 is 2.75 bits per heavy atom. The highest BCUT2D eigenvalue weighted by atomic mass is 35.5. The molecule has 1 aromatic rings. The van der Waals surface area contributed by atoms with Crippen LogP contribution in [0.4, 0.5) is 0 Å². The fourth-order valence-corrected chi connectivity index (χ4v) is 3.41. The molecule has 0 radical (unpaired) electrons. The van der Waals surface area contributed by atoms with E-state index in [1.807, 2.05) is 18.2 Å². The summed E-state index contributed by atoms with van der Waals surface area (Å²) in [5, 5.41) is 11.4. The average Bonchev–Trinajstić information content (AvgIpc) is 3.28. The lowest BCUT2D eigenvalue weighted by molar-refractivity contribution is -0.0265. The molecule has 0 amide bonds. The first kappa shape index (κ1) is 18.4. The minimum atomic E-state index is -0.491. The standard InChI is InChI=1S/C18H25Cl2NO3/c19-17-6-3-13(8-18(17)20)9-21(14-4-5-14)10-15(22)11-23-12-16-2-1-7-24-16/h3,6,8,14-16,22H,1-2,4-5,7,9-12H2. The molecular formula is C18H25Cl2NO3. The van der Waals surface area contributed by atoms with Crippen LogP contribution in [0.3, 0.4) is 0 Å². The van der Waals surface area contributed by atoms with Gasteiger partial charge in [0.1, 0.15) is 0 Å². The average molecular weight is 374 g/mol. The number of hydrogen-bond donors (Lipinski definition) is 1. The van der Waals surface area contributed by atoms with Crippen LogP contribution < -0.4 is 0 Å². The molecule has 4 nitrogen and oxygen atoms in total. The van der Waals surface area contributed by atoms with Crippen molar-refractivity contribution in [1.82, 2.24) is 4.90 Å². The van der Waals surface area contributed by atoms with Crippen molar-refractivity contribution in [2.75, 3.05) is 26.4 Å². The van der Waals surface area contributed by atoms with Crippen LogP contribution in [-0.2, 0) is 16.0 Å². The van der Waals surface area contributed by atoms with Gasteiger partial charge in [-0.05, 0) is 43.4 Å². The fraction of sp³-hybridized carbons (Fsp3) is 0.667. The quantitative estimate of drug-likeness (QED) is 0.718. The van der Waals surface area contributed by atoms with Crippen molar-refractivity contribution in [3.05, 3.63) is 33.8 Å². The normalized spacial score (nSPS) is 22.2. The van der Waals surface area contributed by atoms with Gasteiger partial charge in [-0.1, -0.05) is 29.3 Å². The molecule has 0 bridgehead atoms. The molecule has 2 unspecified atom stereocenters. The van der Waals surface area contributed by atoms with Gasteiger partial charge >= 0.3 is 0 Å². The lowest BCUT2D eigenvalue weighted by atomic mass is 10.2. The number of aliphatic hydroxyl groups excluding tert-OH is 1. The van der Waals surface area contributed by atoms with Crippen molar-refractivity contribution >= 4 is 23.2 Å². The number of nitrogens with zero attached hydrogens (tertiary/aromatic N) is 1. The summed E-state index contributed by atoms with van der Waals surface area (Å²) in [6.45, 7) is 3.13. The zero-order valence-corrected chi connectivity index (χ0v) is 15.3. The zero-order valence-electron chi connectivity index (χ0n) is 13.8. The monoisotopic (exact) mass is 373 g/mol. The molecule has 1 aliphatic heterocycles. The van der Waals surface area contributed by atoms with E-state index in [0.29, 0.717) is 35.8 Å². The number of ether oxygens (including phenoxy) is 2. The summed E-state index contributed by atoms with van der Waals surface area (Å²) in [5.74, 6) is 0. The number of hydrogen-bond acceptors (Lipinski definition) is 4. The third-order valence-electron chi connectivity index (χ3n) is 4.52. The van der Waals surface area contributed by atoms with Crippen LogP contribution >= 0.6 is 23.2 Å². The highest BCUT2D eigenvalue weighted by molar-refractivity contribution is 6.42. The molecule has 2 atom stereocenters. The lowest BCUT2D eigenvalue weighted by Gasteiger charge is -2.25. The summed E-state index contributed by atoms with van der Waals surface area (Å²) >= 11 is 12.1. The Balaban J connectivity index is 1.45. The molecule has 1 heterocycles. The van der Waals surface area contributed by atoms with E-state index in [-0.39, 0.29) is 6.10 Å². The molecule has 6 heteroatoms. The Bertz CT molecular complexity index is 533. The highest BCUT2D eigenvalue weighted by Crippen LogP contribution is 2.30. The summed E-state index contributed by atoms with van der Waals surface area (Å²) in [5.41, 5.74) is 1.11. The molecule has 1 aromatic carbocycles. The van der Waals surface area contributed by atoms with Crippen LogP contribution in [-0.4, -0.2) is 54.6 Å². The second-order valence-corrected chi connectivity index (χ2v) is 7.55. The van der Waals surface area contributed by atoms with E-state index >= 15 is 0 Å². The Kier molecular flexibility index (Phi) is 6.79. The van der Waals surface area contributed by atoms with Crippen molar-refractivity contribution in [2.45, 2.75) is 50.5 Å². The smallest absolute Gasteiger partial charge is 0.0900 e. The van der Waals surface area contributed by atoms with Crippen LogP contribution in [0.5, 0.6) is 0 Å². The predicted molar refractivity (Wildman–Crippen MR) is 95.7 cm³/mol. The highest BCUT2D eigenvalue weighted by Gasteiger charge is 2.30. The van der Waals surface area contributed by atoms with Crippen molar-refractivity contribution < 1.29 is 14.6 Å². The van der Waals surface area contributed by atoms with Crippen molar-refractivity contribution in [3.63, 3.8) is 0 Å². The van der Waals surface area contributed by atoms with Gasteiger partial charge in [-0.2, -0.15) is 0 Å². The Labute approximate surface area is 153 Å². The molecule has 24 heavy (non-hydrogen) atoms. The van der Waals surface area contributed by atoms with Gasteiger partial charge in [-0.25, -0.2) is 0 Å². The topological polar surface area (TPSA) is 41.9 Å². The summed E-state index contributed by atoms with van der Waals surface area (Å²) in [7, 11) is 0. The molecule has 1 N–H and O–H groups in total. The molecule has 1 saturated carbocycles. The Morgan fingerprint density at radius 1 is 1.25 bits per heavy atom. The van der Waals surface area contributed by atoms with Gasteiger partial charge in [0.15, 0.2) is 0 Å². The van der Waals surface area contributed by atoms with Crippen molar-refractivity contribution in [1.29, 1.82) is 0 Å². The summed E-state index contributed by atoms with van der Waals surface area (Å²) in [4.78, 5) is 2.31. The van der Waals surface area contributed by atoms with E-state index in [1.165, 1.54) is 12.8 Å². The maximum atomic E-state index is 10.3. The first-order chi connectivity index (χ1) is 11.6. The van der Waals surface area contributed by atoms with Crippen LogP contribution in [0, 0.1) is 0 Å². The van der Waals surface area contributed by atoms with Crippen LogP contribution in [0.1, 0.15) is 31.2 Å². The Morgan fingerprint density at radius 2 is 2.08 bits per heavy atom. The molecule has 2 fully saturated rings. The fourth-order valence-electron chi connectivity index (χ4n) is 3.09. The van der Waals surface area contributed by atoms with E-state index in [1.54, 1.807) is 0 Å². The summed E-state index contributed by atoms with van der Waals surface area (Å²) in [6, 6.07) is 6.27. The minimum Gasteiger partial charge on any atom is -0.389 e. The van der Waals surface area contributed by atoms with Gasteiger partial charge in [-0.15, -0.1) is 0 Å². The van der Waals surface area contributed by atoms with Gasteiger partial charge in [0.05, 0.1) is 35.5 Å². The molecule has 3 rings (SSSR count). The van der Waals surface area contributed by atoms with E-state index in [4.69, 9.17) is 32.7 Å². The first-order valence-electron chi connectivity index (χ1n) is 8.67. The van der Waals surface area contributed by atoms with Crippen LogP contribution in [0.2, 0.25) is 10.0 Å². The molecular weight excluding hydrogens is 349 g/mol. The molecule has 1 aliphatic carbocycles. The van der Waals surface area contributed by atoms with Gasteiger partial charge < -0.3 is 14.6 Å². The van der Waals surface area contributed by atoms with Crippen molar-refractivity contribution in [3.8, 4) is 0 Å². The zero-order chi connectivity index (χ0) is 16.9. The summed E-state index contributed by atoms with van der Waals surface area (Å²) in [6.07, 6.45) is 4.25.